The second-order valence-corrected chi connectivity index (χ2v) is 9.53. The molecule has 0 saturated carbocycles. The van der Waals surface area contributed by atoms with E-state index in [-0.39, 0.29) is 12.0 Å². The zero-order chi connectivity index (χ0) is 27.5. The molecular weight excluding hydrogens is 496 g/mol. The Labute approximate surface area is 226 Å². The van der Waals surface area contributed by atoms with E-state index in [4.69, 9.17) is 14.2 Å². The van der Waals surface area contributed by atoms with Gasteiger partial charge in [0.05, 0.1) is 19.8 Å². The first kappa shape index (κ1) is 26.1. The summed E-state index contributed by atoms with van der Waals surface area (Å²) in [6.45, 7) is 2.50. The summed E-state index contributed by atoms with van der Waals surface area (Å²) in [5.74, 6) is 1.55. The summed E-state index contributed by atoms with van der Waals surface area (Å²) in [6, 6.07) is 15.7. The first-order valence-electron chi connectivity index (χ1n) is 12.8. The van der Waals surface area contributed by atoms with Crippen LogP contribution < -0.4 is 14.2 Å². The lowest BCUT2D eigenvalue weighted by atomic mass is 10.00. The molecule has 2 aromatic carbocycles. The molecule has 200 valence electrons. The highest BCUT2D eigenvalue weighted by molar-refractivity contribution is 5.96. The highest BCUT2D eigenvalue weighted by Gasteiger charge is 2.26. The molecular formula is C30H30N4O5. The Morgan fingerprint density at radius 2 is 1.77 bits per heavy atom. The molecule has 1 saturated heterocycles. The smallest absolute Gasteiger partial charge is 0.251 e. The number of fused-ring (bicyclic) bond motifs is 1. The van der Waals surface area contributed by atoms with Gasteiger partial charge in [-0.05, 0) is 48.4 Å². The molecule has 0 aliphatic carbocycles. The number of carbonyl (C=O) groups is 1. The van der Waals surface area contributed by atoms with Crippen LogP contribution in [0.25, 0.3) is 33.3 Å². The van der Waals surface area contributed by atoms with Gasteiger partial charge in [0.15, 0.2) is 11.5 Å². The highest BCUT2D eigenvalue weighted by atomic mass is 16.5. The number of nitrogens with one attached hydrogen (secondary N) is 1. The number of benzene rings is 2. The molecule has 39 heavy (non-hydrogen) atoms. The molecule has 1 unspecified atom stereocenters. The van der Waals surface area contributed by atoms with Crippen molar-refractivity contribution in [2.24, 2.45) is 0 Å². The van der Waals surface area contributed by atoms with Crippen LogP contribution >= 0.6 is 0 Å². The number of likely N-dealkylation sites (tertiary alicyclic amines) is 1. The molecule has 4 aromatic rings. The van der Waals surface area contributed by atoms with Gasteiger partial charge >= 0.3 is 0 Å². The number of H-pyrrole nitrogens is 1. The monoisotopic (exact) mass is 526 g/mol. The van der Waals surface area contributed by atoms with Crippen LogP contribution in [0.3, 0.4) is 0 Å². The molecule has 3 heterocycles. The summed E-state index contributed by atoms with van der Waals surface area (Å²) in [4.78, 5) is 21.5. The summed E-state index contributed by atoms with van der Waals surface area (Å²) in [5.41, 5.74) is 4.84. The number of carbonyl (C=O) groups excluding carboxylic acids is 1. The van der Waals surface area contributed by atoms with Crippen LogP contribution in [-0.4, -0.2) is 65.4 Å². The number of hydrogen-bond acceptors (Lipinski definition) is 7. The standard InChI is InChI=1S/C30H30N4O5/c1-18(35)30(36)34-10-8-23(9-11-34)39-26-6-5-20(12-21(26)15-31)25-17-33-29-24(25)13-22(16-32-29)19-4-7-27(37-2)28(14-19)38-3/h4-7,12-14,16-18,23,35H,8-11H2,1-3H3,(H,32,33). The molecule has 2 N–H and O–H groups in total. The van der Waals surface area contributed by atoms with Gasteiger partial charge < -0.3 is 29.2 Å². The Hall–Kier alpha value is -4.55. The number of hydrogen-bond donors (Lipinski definition) is 2. The minimum atomic E-state index is -1.00. The van der Waals surface area contributed by atoms with Crippen molar-refractivity contribution in [2.75, 3.05) is 27.3 Å². The van der Waals surface area contributed by atoms with E-state index >= 15 is 0 Å². The lowest BCUT2D eigenvalue weighted by molar-refractivity contribution is -0.141. The molecule has 1 aliphatic rings. The second kappa shape index (κ2) is 11.1. The molecule has 1 fully saturated rings. The van der Waals surface area contributed by atoms with Gasteiger partial charge in [0, 0.05) is 54.8 Å². The third-order valence-corrected chi connectivity index (χ3v) is 7.06. The second-order valence-electron chi connectivity index (χ2n) is 9.53. The number of ether oxygens (including phenoxy) is 3. The summed E-state index contributed by atoms with van der Waals surface area (Å²) in [5, 5.41) is 20.4. The van der Waals surface area contributed by atoms with E-state index in [9.17, 15) is 15.2 Å². The predicted octanol–water partition coefficient (Wildman–Crippen LogP) is 4.54. The normalized spacial score (nSPS) is 14.6. The predicted molar refractivity (Wildman–Crippen MR) is 147 cm³/mol. The third kappa shape index (κ3) is 5.24. The third-order valence-electron chi connectivity index (χ3n) is 7.06. The van der Waals surface area contributed by atoms with Gasteiger partial charge in [-0.1, -0.05) is 12.1 Å². The lowest BCUT2D eigenvalue weighted by Gasteiger charge is -2.33. The summed E-state index contributed by atoms with van der Waals surface area (Å²) in [7, 11) is 3.21. The van der Waals surface area contributed by atoms with Crippen molar-refractivity contribution in [1.82, 2.24) is 14.9 Å². The number of nitrogens with zero attached hydrogens (tertiary/aromatic N) is 3. The molecule has 1 amide bonds. The van der Waals surface area contributed by atoms with Gasteiger partial charge in [-0.15, -0.1) is 0 Å². The van der Waals surface area contributed by atoms with Crippen LogP contribution in [0.5, 0.6) is 17.2 Å². The van der Waals surface area contributed by atoms with Crippen LogP contribution in [0.15, 0.2) is 54.9 Å². The summed E-state index contributed by atoms with van der Waals surface area (Å²) < 4.78 is 17.0. The molecule has 1 aliphatic heterocycles. The van der Waals surface area contributed by atoms with Gasteiger partial charge in [0.2, 0.25) is 0 Å². The Balaban J connectivity index is 1.39. The largest absolute Gasteiger partial charge is 0.493 e. The highest BCUT2D eigenvalue weighted by Crippen LogP contribution is 2.36. The first-order valence-corrected chi connectivity index (χ1v) is 12.8. The van der Waals surface area contributed by atoms with Crippen molar-refractivity contribution in [3.05, 3.63) is 60.4 Å². The average molecular weight is 527 g/mol. The van der Waals surface area contributed by atoms with E-state index in [1.807, 2.05) is 48.8 Å². The average Bonchev–Trinajstić information content (AvgIpc) is 3.40. The topological polar surface area (TPSA) is 121 Å². The van der Waals surface area contributed by atoms with Crippen LogP contribution in [0.4, 0.5) is 0 Å². The van der Waals surface area contributed by atoms with Gasteiger partial charge in [-0.2, -0.15) is 5.26 Å². The Morgan fingerprint density at radius 1 is 1.05 bits per heavy atom. The molecule has 0 bridgehead atoms. The number of aliphatic hydroxyl groups is 1. The van der Waals surface area contributed by atoms with Crippen molar-refractivity contribution in [2.45, 2.75) is 32.0 Å². The number of aromatic amines is 1. The van der Waals surface area contributed by atoms with Gasteiger partial charge in [0.25, 0.3) is 5.91 Å². The summed E-state index contributed by atoms with van der Waals surface area (Å²) in [6.07, 6.45) is 3.86. The van der Waals surface area contributed by atoms with Crippen molar-refractivity contribution in [3.63, 3.8) is 0 Å². The van der Waals surface area contributed by atoms with Gasteiger partial charge in [-0.25, -0.2) is 4.98 Å². The SMILES string of the molecule is COc1ccc(-c2cnc3[nH]cc(-c4ccc(OC5CCN(C(=O)C(C)O)CC5)c(C#N)c4)c3c2)cc1OC. The van der Waals surface area contributed by atoms with E-state index in [2.05, 4.69) is 22.1 Å². The number of aliphatic hydroxyl groups excluding tert-OH is 1. The van der Waals surface area contributed by atoms with Crippen LogP contribution in [-0.2, 0) is 4.79 Å². The van der Waals surface area contributed by atoms with Crippen molar-refractivity contribution in [1.29, 1.82) is 5.26 Å². The zero-order valence-electron chi connectivity index (χ0n) is 22.1. The molecule has 1 atom stereocenters. The number of amides is 1. The van der Waals surface area contributed by atoms with Crippen LogP contribution in [0, 0.1) is 11.3 Å². The van der Waals surface area contributed by atoms with E-state index in [0.717, 1.165) is 33.3 Å². The fraction of sp³-hybridized carbons (Fsp3) is 0.300. The molecule has 2 aromatic heterocycles. The molecule has 0 radical (unpaired) electrons. The van der Waals surface area contributed by atoms with Crippen molar-refractivity contribution >= 4 is 16.9 Å². The zero-order valence-corrected chi connectivity index (χ0v) is 22.1. The quantitative estimate of drug-likeness (QED) is 0.363. The van der Waals surface area contributed by atoms with Crippen molar-refractivity contribution in [3.8, 4) is 45.6 Å². The first-order chi connectivity index (χ1) is 18.9. The molecule has 9 heteroatoms. The number of rotatable bonds is 7. The van der Waals surface area contributed by atoms with E-state index in [0.29, 0.717) is 48.7 Å². The lowest BCUT2D eigenvalue weighted by Crippen LogP contribution is -2.45. The van der Waals surface area contributed by atoms with Gasteiger partial charge in [-0.3, -0.25) is 4.79 Å². The Morgan fingerprint density at radius 3 is 2.46 bits per heavy atom. The molecule has 5 rings (SSSR count). The number of piperidine rings is 1. The maximum Gasteiger partial charge on any atom is 0.251 e. The van der Waals surface area contributed by atoms with E-state index in [1.54, 1.807) is 19.1 Å². The number of nitriles is 1. The maximum absolute atomic E-state index is 12.0. The Kier molecular flexibility index (Phi) is 7.39. The van der Waals surface area contributed by atoms with Crippen molar-refractivity contribution < 1.29 is 24.1 Å². The number of aromatic nitrogens is 2. The van der Waals surface area contributed by atoms with Gasteiger partial charge in [0.1, 0.15) is 29.7 Å². The minimum absolute atomic E-state index is 0.109. The minimum Gasteiger partial charge on any atom is -0.493 e. The van der Waals surface area contributed by atoms with E-state index in [1.165, 1.54) is 6.92 Å². The fourth-order valence-corrected chi connectivity index (χ4v) is 4.94. The van der Waals surface area contributed by atoms with Crippen LogP contribution in [0.1, 0.15) is 25.3 Å². The Bertz CT molecular complexity index is 1550. The molecule has 0 spiro atoms. The number of pyridine rings is 1. The maximum atomic E-state index is 12.0. The number of methoxy groups -OCH3 is 2. The van der Waals surface area contributed by atoms with E-state index < -0.39 is 6.10 Å². The molecule has 9 nitrogen and oxygen atoms in total. The fourth-order valence-electron chi connectivity index (χ4n) is 4.94. The summed E-state index contributed by atoms with van der Waals surface area (Å²) >= 11 is 0. The van der Waals surface area contributed by atoms with Crippen LogP contribution in [0.2, 0.25) is 0 Å².